The Labute approximate surface area is 161 Å². The Balaban J connectivity index is 2.81. The van der Waals surface area contributed by atoms with Gasteiger partial charge in [-0.1, -0.05) is 26.8 Å². The van der Waals surface area contributed by atoms with E-state index in [1.165, 1.54) is 7.11 Å². The van der Waals surface area contributed by atoms with Gasteiger partial charge in [0.1, 0.15) is 24.4 Å². The van der Waals surface area contributed by atoms with Crippen molar-refractivity contribution in [3.63, 3.8) is 0 Å². The van der Waals surface area contributed by atoms with Crippen LogP contribution in [0.2, 0.25) is 0 Å². The van der Waals surface area contributed by atoms with Gasteiger partial charge in [0.15, 0.2) is 6.10 Å². The number of allylic oxidation sites excluding steroid dienone is 1. The van der Waals surface area contributed by atoms with Crippen LogP contribution in [0.1, 0.15) is 47.0 Å². The molecule has 5 N–H and O–H groups in total. The van der Waals surface area contributed by atoms with Crippen molar-refractivity contribution in [1.29, 1.82) is 0 Å². The van der Waals surface area contributed by atoms with Crippen molar-refractivity contribution in [3.8, 4) is 0 Å². The summed E-state index contributed by atoms with van der Waals surface area (Å²) in [4.78, 5) is 24.5. The van der Waals surface area contributed by atoms with Crippen LogP contribution in [0.5, 0.6) is 0 Å². The van der Waals surface area contributed by atoms with Crippen molar-refractivity contribution in [2.45, 2.75) is 77.4 Å². The molecule has 1 aliphatic rings. The number of nitrogens with one attached hydrogen (secondary N) is 2. The molecule has 0 radical (unpaired) electrons. The largest absolute Gasteiger partial charge is 0.387 e. The van der Waals surface area contributed by atoms with E-state index in [9.17, 15) is 24.9 Å². The second kappa shape index (κ2) is 10.2. The maximum Gasteiger partial charge on any atom is 0.252 e. The number of amides is 2. The van der Waals surface area contributed by atoms with Gasteiger partial charge < -0.3 is 30.7 Å². The third kappa shape index (κ3) is 7.21. The van der Waals surface area contributed by atoms with Crippen molar-refractivity contribution >= 4 is 11.8 Å². The average Bonchev–Trinajstić information content (AvgIpc) is 2.77. The maximum absolute atomic E-state index is 12.5. The van der Waals surface area contributed by atoms with E-state index in [1.807, 2.05) is 20.8 Å². The highest BCUT2D eigenvalue weighted by atomic mass is 16.5. The predicted molar refractivity (Wildman–Crippen MR) is 101 cm³/mol. The first-order valence-corrected chi connectivity index (χ1v) is 9.32. The highest BCUT2D eigenvalue weighted by molar-refractivity contribution is 5.89. The van der Waals surface area contributed by atoms with Crippen LogP contribution in [-0.4, -0.2) is 71.2 Å². The van der Waals surface area contributed by atoms with Gasteiger partial charge in [0.2, 0.25) is 5.91 Å². The maximum atomic E-state index is 12.5. The van der Waals surface area contributed by atoms with Crippen molar-refractivity contribution in [2.24, 2.45) is 5.41 Å². The number of aliphatic hydroxyl groups excluding tert-OH is 3. The summed E-state index contributed by atoms with van der Waals surface area (Å²) in [6.07, 6.45) is -2.18. The van der Waals surface area contributed by atoms with Gasteiger partial charge in [0.25, 0.3) is 5.91 Å². The third-order valence-corrected chi connectivity index (χ3v) is 4.47. The van der Waals surface area contributed by atoms with E-state index in [4.69, 9.17) is 4.74 Å². The van der Waals surface area contributed by atoms with Gasteiger partial charge in [0.05, 0.1) is 0 Å². The Morgan fingerprint density at radius 2 is 1.89 bits per heavy atom. The van der Waals surface area contributed by atoms with Gasteiger partial charge in [-0.15, -0.1) is 0 Å². The SMILES string of the molecule is CO[C@@H](C(=O)N[C@H]1CCCCNC1=O)[C@H](O)[C@@H](O)[C@H](O)/C(C)=C/C(C)(C)C. The van der Waals surface area contributed by atoms with Gasteiger partial charge in [-0.2, -0.15) is 0 Å². The first-order chi connectivity index (χ1) is 12.5. The first-order valence-electron chi connectivity index (χ1n) is 9.32. The summed E-state index contributed by atoms with van der Waals surface area (Å²) >= 11 is 0. The Bertz CT molecular complexity index is 543. The quantitative estimate of drug-likeness (QED) is 0.388. The van der Waals surface area contributed by atoms with Crippen LogP contribution in [0.4, 0.5) is 0 Å². The molecule has 1 fully saturated rings. The summed E-state index contributed by atoms with van der Waals surface area (Å²) in [5.74, 6) is -0.995. The third-order valence-electron chi connectivity index (χ3n) is 4.47. The van der Waals surface area contributed by atoms with Gasteiger partial charge in [0, 0.05) is 13.7 Å². The summed E-state index contributed by atoms with van der Waals surface area (Å²) in [5.41, 5.74) is 0.258. The van der Waals surface area contributed by atoms with E-state index < -0.39 is 36.4 Å². The molecule has 8 heteroatoms. The second-order valence-corrected chi connectivity index (χ2v) is 8.18. The molecule has 1 heterocycles. The summed E-state index contributed by atoms with van der Waals surface area (Å²) in [7, 11) is 1.22. The Kier molecular flexibility index (Phi) is 8.87. The smallest absolute Gasteiger partial charge is 0.252 e. The van der Waals surface area contributed by atoms with E-state index in [1.54, 1.807) is 13.0 Å². The number of methoxy groups -OCH3 is 1. The molecule has 0 aliphatic carbocycles. The van der Waals surface area contributed by atoms with Crippen molar-refractivity contribution < 1.29 is 29.6 Å². The molecule has 0 aromatic carbocycles. The van der Waals surface area contributed by atoms with Crippen molar-refractivity contribution in [3.05, 3.63) is 11.6 Å². The lowest BCUT2D eigenvalue weighted by Gasteiger charge is -2.30. The lowest BCUT2D eigenvalue weighted by atomic mass is 9.89. The molecule has 156 valence electrons. The standard InChI is InChI=1S/C19H34N2O6/c1-11(10-19(2,3)4)13(22)14(23)15(24)16(27-5)18(26)21-12-8-6-7-9-20-17(12)25/h10,12-16,22-24H,6-9H2,1-5H3,(H,20,25)(H,21,26)/b11-10+/t12-,13+,14-,15+,16+/m0/s1. The minimum Gasteiger partial charge on any atom is -0.387 e. The zero-order chi connectivity index (χ0) is 20.8. The fraction of sp³-hybridized carbons (Fsp3) is 0.789. The van der Waals surface area contributed by atoms with Crippen LogP contribution >= 0.6 is 0 Å². The molecule has 0 unspecified atom stereocenters. The van der Waals surface area contributed by atoms with Gasteiger partial charge >= 0.3 is 0 Å². The Morgan fingerprint density at radius 1 is 1.26 bits per heavy atom. The minimum absolute atomic E-state index is 0.222. The fourth-order valence-electron chi connectivity index (χ4n) is 3.14. The molecule has 1 saturated heterocycles. The molecule has 0 aromatic rings. The molecular formula is C19H34N2O6. The summed E-state index contributed by atoms with van der Waals surface area (Å²) in [6, 6.07) is -0.713. The van der Waals surface area contributed by atoms with E-state index in [0.29, 0.717) is 18.5 Å². The lowest BCUT2D eigenvalue weighted by molar-refractivity contribution is -0.151. The topological polar surface area (TPSA) is 128 Å². The number of carbonyl (C=O) groups is 2. The molecule has 1 aliphatic heterocycles. The first kappa shape index (κ1) is 23.6. The van der Waals surface area contributed by atoms with E-state index in [0.717, 1.165) is 12.8 Å². The summed E-state index contributed by atoms with van der Waals surface area (Å²) < 4.78 is 5.05. The molecule has 1 rings (SSSR count). The van der Waals surface area contributed by atoms with Gasteiger partial charge in [-0.25, -0.2) is 0 Å². The van der Waals surface area contributed by atoms with E-state index >= 15 is 0 Å². The zero-order valence-electron chi connectivity index (χ0n) is 16.9. The Morgan fingerprint density at radius 3 is 2.44 bits per heavy atom. The van der Waals surface area contributed by atoms with E-state index in [-0.39, 0.29) is 11.3 Å². The number of rotatable bonds is 7. The van der Waals surface area contributed by atoms with Crippen LogP contribution in [-0.2, 0) is 14.3 Å². The van der Waals surface area contributed by atoms with Crippen molar-refractivity contribution in [1.82, 2.24) is 10.6 Å². The number of aliphatic hydroxyl groups is 3. The van der Waals surface area contributed by atoms with Gasteiger partial charge in [-0.3, -0.25) is 9.59 Å². The molecule has 0 spiro atoms. The molecule has 0 aromatic heterocycles. The average molecular weight is 386 g/mol. The molecule has 2 amide bonds. The molecular weight excluding hydrogens is 352 g/mol. The molecule has 0 bridgehead atoms. The highest BCUT2D eigenvalue weighted by Gasteiger charge is 2.38. The minimum atomic E-state index is -1.66. The van der Waals surface area contributed by atoms with Crippen molar-refractivity contribution in [2.75, 3.05) is 13.7 Å². The van der Waals surface area contributed by atoms with Crippen LogP contribution in [0, 0.1) is 5.41 Å². The molecule has 5 atom stereocenters. The predicted octanol–water partition coefficient (Wildman–Crippen LogP) is -0.139. The van der Waals surface area contributed by atoms with Gasteiger partial charge in [-0.05, 0) is 37.2 Å². The number of ether oxygens (including phenoxy) is 1. The number of hydrogen-bond acceptors (Lipinski definition) is 6. The highest BCUT2D eigenvalue weighted by Crippen LogP contribution is 2.21. The Hall–Kier alpha value is -1.48. The normalized spacial score (nSPS) is 23.6. The zero-order valence-corrected chi connectivity index (χ0v) is 16.9. The van der Waals surface area contributed by atoms with Crippen LogP contribution in [0.15, 0.2) is 11.6 Å². The second-order valence-electron chi connectivity index (χ2n) is 8.18. The van der Waals surface area contributed by atoms with E-state index in [2.05, 4.69) is 10.6 Å². The van der Waals surface area contributed by atoms with Crippen LogP contribution < -0.4 is 10.6 Å². The molecule has 27 heavy (non-hydrogen) atoms. The number of hydrogen-bond donors (Lipinski definition) is 5. The monoisotopic (exact) mass is 386 g/mol. The van der Waals surface area contributed by atoms with Crippen LogP contribution in [0.3, 0.4) is 0 Å². The summed E-state index contributed by atoms with van der Waals surface area (Å²) in [5, 5.41) is 36.3. The lowest BCUT2D eigenvalue weighted by Crippen LogP contribution is -2.55. The molecule has 8 nitrogen and oxygen atoms in total. The fourth-order valence-corrected chi connectivity index (χ4v) is 3.14. The molecule has 0 saturated carbocycles. The summed E-state index contributed by atoms with van der Waals surface area (Å²) in [6.45, 7) is 8.02. The number of carbonyl (C=O) groups excluding carboxylic acids is 2. The van der Waals surface area contributed by atoms with Crippen LogP contribution in [0.25, 0.3) is 0 Å².